The number of amides is 1. The number of nitro benzene ring substituents is 1. The highest BCUT2D eigenvalue weighted by atomic mass is 35.5. The van der Waals surface area contributed by atoms with Crippen molar-refractivity contribution < 1.29 is 14.6 Å². The van der Waals surface area contributed by atoms with E-state index in [0.29, 0.717) is 0 Å². The number of anilines is 3. The Morgan fingerprint density at radius 1 is 0.967 bits per heavy atom. The Hall–Kier alpha value is -4.32. The number of rotatable bonds is 7. The number of carbonyl (C=O) groups excluding carboxylic acids is 1. The number of nitrogens with one attached hydrogen (secondary N) is 3. The third kappa shape index (κ3) is 4.56. The second-order valence-corrected chi connectivity index (χ2v) is 6.08. The molecule has 0 saturated carbocycles. The van der Waals surface area contributed by atoms with Crippen LogP contribution in [0.15, 0.2) is 54.9 Å². The average Bonchev–Trinajstić information content (AvgIpc) is 2.72. The number of hydrogen-bond acceptors (Lipinski definition) is 9. The van der Waals surface area contributed by atoms with Gasteiger partial charge in [0.1, 0.15) is 6.33 Å². The summed E-state index contributed by atoms with van der Waals surface area (Å²) in [6.45, 7) is 0. The Kier molecular flexibility index (Phi) is 5.98. The number of non-ortho nitro benzene ring substituents is 1. The fourth-order valence-electron chi connectivity index (χ4n) is 2.40. The predicted molar refractivity (Wildman–Crippen MR) is 108 cm³/mol. The van der Waals surface area contributed by atoms with E-state index in [1.54, 1.807) is 12.1 Å². The number of hydrogen-bond donors (Lipinski definition) is 3. The van der Waals surface area contributed by atoms with Crippen molar-refractivity contribution in [3.8, 4) is 0 Å². The Balaban J connectivity index is 1.85. The monoisotopic (exact) mass is 429 g/mol. The van der Waals surface area contributed by atoms with Crippen LogP contribution in [0.5, 0.6) is 0 Å². The first-order chi connectivity index (χ1) is 14.4. The highest BCUT2D eigenvalue weighted by Gasteiger charge is 2.24. The Labute approximate surface area is 173 Å². The maximum Gasteiger partial charge on any atom is 0.355 e. The second-order valence-electron chi connectivity index (χ2n) is 5.67. The van der Waals surface area contributed by atoms with Crippen molar-refractivity contribution in [2.45, 2.75) is 0 Å². The fraction of sp³-hybridized carbons (Fsp3) is 0. The highest BCUT2D eigenvalue weighted by Crippen LogP contribution is 2.31. The zero-order valence-corrected chi connectivity index (χ0v) is 15.7. The minimum absolute atomic E-state index is 0.151. The number of aromatic nitrogens is 2. The number of nitrogens with zero attached hydrogens (tertiary/aromatic N) is 4. The topological polar surface area (TPSA) is 165 Å². The molecule has 12 nitrogen and oxygen atoms in total. The molecular formula is C17H12ClN7O5. The zero-order valence-electron chi connectivity index (χ0n) is 14.9. The van der Waals surface area contributed by atoms with E-state index in [-0.39, 0.29) is 33.6 Å². The smallest absolute Gasteiger partial charge is 0.334 e. The largest absolute Gasteiger partial charge is 0.355 e. The van der Waals surface area contributed by atoms with Gasteiger partial charge in [0, 0.05) is 17.8 Å². The van der Waals surface area contributed by atoms with Gasteiger partial charge in [0.2, 0.25) is 11.6 Å². The van der Waals surface area contributed by atoms with Crippen molar-refractivity contribution in [1.82, 2.24) is 15.4 Å². The van der Waals surface area contributed by atoms with Gasteiger partial charge in [0.05, 0.1) is 20.4 Å². The standard InChI is InChI=1S/C17H12ClN7O5/c18-13-7-2-1-6-12(13)17(26)23-22-16-14(25(29)30)15(19-9-20-16)21-10-4-3-5-11(8-10)24(27)28/h1-9H,(H,23,26)(H2,19,20,21,22). The third-order valence-electron chi connectivity index (χ3n) is 3.74. The number of benzene rings is 2. The van der Waals surface area contributed by atoms with Crippen LogP contribution in [0.3, 0.4) is 0 Å². The lowest BCUT2D eigenvalue weighted by atomic mass is 10.2. The van der Waals surface area contributed by atoms with Crippen LogP contribution in [-0.4, -0.2) is 25.7 Å². The van der Waals surface area contributed by atoms with Gasteiger partial charge in [-0.15, -0.1) is 0 Å². The van der Waals surface area contributed by atoms with E-state index in [1.807, 2.05) is 0 Å². The minimum Gasteiger partial charge on any atom is -0.334 e. The SMILES string of the molecule is O=C(NNc1ncnc(Nc2cccc([N+](=O)[O-])c2)c1[N+](=O)[O-])c1ccccc1Cl. The number of nitro groups is 2. The van der Waals surface area contributed by atoms with Crippen molar-refractivity contribution in [3.63, 3.8) is 0 Å². The number of hydrazine groups is 1. The Bertz CT molecular complexity index is 1140. The summed E-state index contributed by atoms with van der Waals surface area (Å²) in [6, 6.07) is 11.6. The maximum absolute atomic E-state index is 12.2. The molecule has 13 heteroatoms. The minimum atomic E-state index is -0.760. The summed E-state index contributed by atoms with van der Waals surface area (Å²) >= 11 is 5.95. The van der Waals surface area contributed by atoms with Gasteiger partial charge in [-0.25, -0.2) is 9.97 Å². The number of halogens is 1. The summed E-state index contributed by atoms with van der Waals surface area (Å²) in [5.41, 5.74) is 4.23. The van der Waals surface area contributed by atoms with Crippen molar-refractivity contribution in [3.05, 3.63) is 85.7 Å². The lowest BCUT2D eigenvalue weighted by Crippen LogP contribution is -2.30. The predicted octanol–water partition coefficient (Wildman–Crippen LogP) is 3.45. The van der Waals surface area contributed by atoms with Crippen LogP contribution in [0.1, 0.15) is 10.4 Å². The van der Waals surface area contributed by atoms with Crippen molar-refractivity contribution in [2.24, 2.45) is 0 Å². The summed E-state index contributed by atoms with van der Waals surface area (Å²) in [4.78, 5) is 41.0. The molecule has 152 valence electrons. The molecule has 30 heavy (non-hydrogen) atoms. The molecule has 0 unspecified atom stereocenters. The van der Waals surface area contributed by atoms with Crippen LogP contribution < -0.4 is 16.2 Å². The van der Waals surface area contributed by atoms with E-state index in [0.717, 1.165) is 6.33 Å². The normalized spacial score (nSPS) is 10.2. The van der Waals surface area contributed by atoms with Crippen LogP contribution in [-0.2, 0) is 0 Å². The first-order valence-corrected chi connectivity index (χ1v) is 8.56. The van der Waals surface area contributed by atoms with Crippen molar-refractivity contribution in [2.75, 3.05) is 10.7 Å². The summed E-state index contributed by atoms with van der Waals surface area (Å²) < 4.78 is 0. The first-order valence-electron chi connectivity index (χ1n) is 8.18. The average molecular weight is 430 g/mol. The van der Waals surface area contributed by atoms with E-state index >= 15 is 0 Å². The molecule has 3 aromatic rings. The van der Waals surface area contributed by atoms with Gasteiger partial charge in [-0.05, 0) is 18.2 Å². The Morgan fingerprint density at radius 2 is 1.70 bits per heavy atom. The van der Waals surface area contributed by atoms with E-state index in [4.69, 9.17) is 11.6 Å². The quantitative estimate of drug-likeness (QED) is 0.376. The molecule has 0 saturated heterocycles. The van der Waals surface area contributed by atoms with E-state index in [9.17, 15) is 25.0 Å². The Morgan fingerprint density at radius 3 is 2.40 bits per heavy atom. The summed E-state index contributed by atoms with van der Waals surface area (Å²) in [5.74, 6) is -1.17. The van der Waals surface area contributed by atoms with Gasteiger partial charge in [-0.1, -0.05) is 29.8 Å². The van der Waals surface area contributed by atoms with Gasteiger partial charge < -0.3 is 5.32 Å². The molecule has 0 bridgehead atoms. The second kappa shape index (κ2) is 8.79. The molecule has 3 N–H and O–H groups in total. The van der Waals surface area contributed by atoms with Crippen molar-refractivity contribution in [1.29, 1.82) is 0 Å². The molecule has 0 fully saturated rings. The molecule has 0 aliphatic heterocycles. The summed E-state index contributed by atoms with van der Waals surface area (Å²) in [7, 11) is 0. The van der Waals surface area contributed by atoms with Gasteiger partial charge >= 0.3 is 5.69 Å². The molecule has 0 aliphatic carbocycles. The number of carbonyl (C=O) groups is 1. The molecule has 0 aliphatic rings. The summed E-state index contributed by atoms with van der Waals surface area (Å²) in [5, 5.41) is 25.3. The molecular weight excluding hydrogens is 418 g/mol. The molecule has 0 radical (unpaired) electrons. The van der Waals surface area contributed by atoms with E-state index < -0.39 is 21.4 Å². The van der Waals surface area contributed by atoms with Crippen LogP contribution in [0.2, 0.25) is 5.02 Å². The fourth-order valence-corrected chi connectivity index (χ4v) is 2.62. The van der Waals surface area contributed by atoms with Crippen molar-refractivity contribution >= 4 is 46.2 Å². The zero-order chi connectivity index (χ0) is 21.7. The molecule has 1 amide bonds. The van der Waals surface area contributed by atoms with Crippen LogP contribution in [0.4, 0.5) is 28.7 Å². The van der Waals surface area contributed by atoms with Gasteiger partial charge in [-0.2, -0.15) is 0 Å². The maximum atomic E-state index is 12.2. The molecule has 1 heterocycles. The molecule has 1 aromatic heterocycles. The van der Waals surface area contributed by atoms with E-state index in [2.05, 4.69) is 26.1 Å². The van der Waals surface area contributed by atoms with E-state index in [1.165, 1.54) is 36.4 Å². The van der Waals surface area contributed by atoms with Gasteiger partial charge in [0.15, 0.2) is 0 Å². The molecule has 0 atom stereocenters. The summed E-state index contributed by atoms with van der Waals surface area (Å²) in [6.07, 6.45) is 1.02. The lowest BCUT2D eigenvalue weighted by Gasteiger charge is -2.11. The third-order valence-corrected chi connectivity index (χ3v) is 4.07. The molecule has 3 rings (SSSR count). The van der Waals surface area contributed by atoms with Crippen LogP contribution in [0, 0.1) is 20.2 Å². The lowest BCUT2D eigenvalue weighted by molar-refractivity contribution is -0.384. The highest BCUT2D eigenvalue weighted by molar-refractivity contribution is 6.33. The molecule has 0 spiro atoms. The first kappa shape index (κ1) is 20.4. The van der Waals surface area contributed by atoms with Crippen LogP contribution in [0.25, 0.3) is 0 Å². The van der Waals surface area contributed by atoms with Crippen LogP contribution >= 0.6 is 11.6 Å². The van der Waals surface area contributed by atoms with Gasteiger partial charge in [-0.3, -0.25) is 35.9 Å². The van der Waals surface area contributed by atoms with Gasteiger partial charge in [0.25, 0.3) is 11.6 Å². The molecule has 2 aromatic carbocycles.